The van der Waals surface area contributed by atoms with Crippen molar-refractivity contribution >= 4 is 5.91 Å². The van der Waals surface area contributed by atoms with Crippen LogP contribution in [0.5, 0.6) is 0 Å². The van der Waals surface area contributed by atoms with E-state index >= 15 is 0 Å². The quantitative estimate of drug-likeness (QED) is 0.651. The molecular weight excluding hydrogens is 244 g/mol. The van der Waals surface area contributed by atoms with Gasteiger partial charge in [0.25, 0.3) is 0 Å². The lowest BCUT2D eigenvalue weighted by Crippen LogP contribution is -2.56. The van der Waals surface area contributed by atoms with Crippen LogP contribution in [0, 0.1) is 0 Å². The summed E-state index contributed by atoms with van der Waals surface area (Å²) >= 11 is 0. The maximum atomic E-state index is 11.5. The molecule has 1 aliphatic heterocycles. The third kappa shape index (κ3) is 5.89. The lowest BCUT2D eigenvalue weighted by molar-refractivity contribution is -0.125. The van der Waals surface area contributed by atoms with Gasteiger partial charge in [-0.2, -0.15) is 0 Å². The number of hydrogen-bond acceptors (Lipinski definition) is 4. The maximum absolute atomic E-state index is 11.5. The summed E-state index contributed by atoms with van der Waals surface area (Å²) in [6.45, 7) is 7.78. The first-order valence-corrected chi connectivity index (χ1v) is 7.21. The highest BCUT2D eigenvalue weighted by Crippen LogP contribution is 2.14. The highest BCUT2D eigenvalue weighted by molar-refractivity contribution is 5.84. The van der Waals surface area contributed by atoms with E-state index in [4.69, 9.17) is 15.2 Å². The van der Waals surface area contributed by atoms with E-state index in [0.29, 0.717) is 19.6 Å². The smallest absolute Gasteiger partial charge is 0.237 e. The number of rotatable bonds is 8. The summed E-state index contributed by atoms with van der Waals surface area (Å²) in [5.41, 5.74) is 4.76. The standard InChI is InChI=1S/C14H28N2O3/c1-11(2)16-14(3,13(15)17)7-9-18-10-12-6-4-5-8-19-12/h11-12,16H,4-10H2,1-3H3,(H2,15,17). The Bertz CT molecular complexity index is 278. The molecule has 0 aromatic carbocycles. The van der Waals surface area contributed by atoms with E-state index in [1.54, 1.807) is 0 Å². The molecule has 0 saturated carbocycles. The van der Waals surface area contributed by atoms with Gasteiger partial charge in [0, 0.05) is 19.3 Å². The van der Waals surface area contributed by atoms with Crippen molar-refractivity contribution in [3.8, 4) is 0 Å². The molecule has 2 atom stereocenters. The number of primary amides is 1. The number of ether oxygens (including phenoxy) is 2. The van der Waals surface area contributed by atoms with Crippen LogP contribution in [0.1, 0.15) is 46.5 Å². The number of carbonyl (C=O) groups excluding carboxylic acids is 1. The molecule has 3 N–H and O–H groups in total. The molecule has 0 aromatic rings. The van der Waals surface area contributed by atoms with Gasteiger partial charge >= 0.3 is 0 Å². The van der Waals surface area contributed by atoms with Crippen LogP contribution < -0.4 is 11.1 Å². The highest BCUT2D eigenvalue weighted by Gasteiger charge is 2.31. The van der Waals surface area contributed by atoms with Crippen molar-refractivity contribution < 1.29 is 14.3 Å². The lowest BCUT2D eigenvalue weighted by atomic mass is 9.96. The first-order valence-electron chi connectivity index (χ1n) is 7.21. The number of carbonyl (C=O) groups is 1. The Morgan fingerprint density at radius 3 is 2.79 bits per heavy atom. The summed E-state index contributed by atoms with van der Waals surface area (Å²) in [5, 5.41) is 3.21. The first-order chi connectivity index (χ1) is 8.94. The van der Waals surface area contributed by atoms with Gasteiger partial charge in [0.1, 0.15) is 0 Å². The molecule has 1 fully saturated rings. The SMILES string of the molecule is CC(C)NC(C)(CCOCC1CCCCO1)C(N)=O. The third-order valence-electron chi connectivity index (χ3n) is 3.48. The van der Waals surface area contributed by atoms with Gasteiger partial charge in [0.05, 0.1) is 18.2 Å². The second-order valence-corrected chi connectivity index (χ2v) is 5.81. The Hall–Kier alpha value is -0.650. The van der Waals surface area contributed by atoms with E-state index in [1.807, 2.05) is 20.8 Å². The van der Waals surface area contributed by atoms with Gasteiger partial charge in [-0.25, -0.2) is 0 Å². The Morgan fingerprint density at radius 2 is 2.26 bits per heavy atom. The molecule has 1 rings (SSSR count). The summed E-state index contributed by atoms with van der Waals surface area (Å²) in [4.78, 5) is 11.5. The maximum Gasteiger partial charge on any atom is 0.237 e. The molecule has 5 nitrogen and oxygen atoms in total. The highest BCUT2D eigenvalue weighted by atomic mass is 16.5. The van der Waals surface area contributed by atoms with E-state index < -0.39 is 5.54 Å². The second-order valence-electron chi connectivity index (χ2n) is 5.81. The average molecular weight is 272 g/mol. The molecule has 0 aliphatic carbocycles. The van der Waals surface area contributed by atoms with Gasteiger partial charge in [-0.1, -0.05) is 0 Å². The minimum absolute atomic E-state index is 0.208. The van der Waals surface area contributed by atoms with Crippen molar-refractivity contribution in [2.45, 2.75) is 64.1 Å². The van der Waals surface area contributed by atoms with Crippen LogP contribution in [-0.2, 0) is 14.3 Å². The van der Waals surface area contributed by atoms with Gasteiger partial charge in [-0.3, -0.25) is 4.79 Å². The molecule has 19 heavy (non-hydrogen) atoms. The fourth-order valence-corrected chi connectivity index (χ4v) is 2.33. The van der Waals surface area contributed by atoms with Crippen LogP contribution in [0.2, 0.25) is 0 Å². The molecule has 0 aromatic heterocycles. The van der Waals surface area contributed by atoms with Crippen LogP contribution >= 0.6 is 0 Å². The predicted octanol–water partition coefficient (Wildman–Crippen LogP) is 1.20. The molecule has 1 amide bonds. The van der Waals surface area contributed by atoms with Gasteiger partial charge in [-0.15, -0.1) is 0 Å². The number of amides is 1. The molecule has 5 heteroatoms. The third-order valence-corrected chi connectivity index (χ3v) is 3.48. The van der Waals surface area contributed by atoms with Crippen LogP contribution in [0.15, 0.2) is 0 Å². The van der Waals surface area contributed by atoms with E-state index in [2.05, 4.69) is 5.32 Å². The number of nitrogens with two attached hydrogens (primary N) is 1. The minimum Gasteiger partial charge on any atom is -0.379 e. The average Bonchev–Trinajstić information content (AvgIpc) is 2.35. The minimum atomic E-state index is -0.707. The zero-order chi connectivity index (χ0) is 14.3. The van der Waals surface area contributed by atoms with Gasteiger partial charge in [0.2, 0.25) is 5.91 Å². The Morgan fingerprint density at radius 1 is 1.53 bits per heavy atom. The van der Waals surface area contributed by atoms with E-state index in [-0.39, 0.29) is 18.1 Å². The molecule has 0 bridgehead atoms. The summed E-state index contributed by atoms with van der Waals surface area (Å²) in [6, 6.07) is 0.208. The number of nitrogens with one attached hydrogen (secondary N) is 1. The zero-order valence-electron chi connectivity index (χ0n) is 12.4. The monoisotopic (exact) mass is 272 g/mol. The van der Waals surface area contributed by atoms with E-state index in [9.17, 15) is 4.79 Å². The van der Waals surface area contributed by atoms with Crippen molar-refractivity contribution in [3.63, 3.8) is 0 Å². The van der Waals surface area contributed by atoms with Crippen LogP contribution in [-0.4, -0.2) is 43.4 Å². The van der Waals surface area contributed by atoms with Crippen molar-refractivity contribution in [2.75, 3.05) is 19.8 Å². The van der Waals surface area contributed by atoms with Crippen molar-refractivity contribution in [1.82, 2.24) is 5.32 Å². The van der Waals surface area contributed by atoms with Crippen molar-refractivity contribution in [1.29, 1.82) is 0 Å². The summed E-state index contributed by atoms with van der Waals surface area (Å²) in [6.07, 6.45) is 4.22. The first kappa shape index (κ1) is 16.4. The Kier molecular flexibility index (Phi) is 6.75. The Balaban J connectivity index is 2.26. The van der Waals surface area contributed by atoms with Crippen LogP contribution in [0.25, 0.3) is 0 Å². The Labute approximate surface area is 116 Å². The zero-order valence-corrected chi connectivity index (χ0v) is 12.4. The van der Waals surface area contributed by atoms with Gasteiger partial charge in [-0.05, 0) is 46.5 Å². The molecule has 2 unspecified atom stereocenters. The van der Waals surface area contributed by atoms with E-state index in [0.717, 1.165) is 19.4 Å². The molecule has 0 spiro atoms. The van der Waals surface area contributed by atoms with E-state index in [1.165, 1.54) is 6.42 Å². The predicted molar refractivity (Wildman–Crippen MR) is 74.9 cm³/mol. The molecule has 1 aliphatic rings. The molecular formula is C14H28N2O3. The van der Waals surface area contributed by atoms with Crippen molar-refractivity contribution in [3.05, 3.63) is 0 Å². The fourth-order valence-electron chi connectivity index (χ4n) is 2.33. The molecule has 0 radical (unpaired) electrons. The lowest BCUT2D eigenvalue weighted by Gasteiger charge is -2.30. The normalized spacial score (nSPS) is 23.3. The molecule has 112 valence electrons. The van der Waals surface area contributed by atoms with Gasteiger partial charge < -0.3 is 20.5 Å². The summed E-state index contributed by atoms with van der Waals surface area (Å²) in [7, 11) is 0. The topological polar surface area (TPSA) is 73.6 Å². The van der Waals surface area contributed by atoms with Crippen LogP contribution in [0.4, 0.5) is 0 Å². The summed E-state index contributed by atoms with van der Waals surface area (Å²) < 4.78 is 11.2. The number of hydrogen-bond donors (Lipinski definition) is 2. The largest absolute Gasteiger partial charge is 0.379 e. The summed E-state index contributed by atoms with van der Waals surface area (Å²) in [5.74, 6) is -0.335. The van der Waals surface area contributed by atoms with Crippen molar-refractivity contribution in [2.24, 2.45) is 5.73 Å². The molecule has 1 heterocycles. The van der Waals surface area contributed by atoms with Crippen LogP contribution in [0.3, 0.4) is 0 Å². The fraction of sp³-hybridized carbons (Fsp3) is 0.929. The second kappa shape index (κ2) is 7.82. The molecule has 1 saturated heterocycles. The van der Waals surface area contributed by atoms with Gasteiger partial charge in [0.15, 0.2) is 0 Å².